The second kappa shape index (κ2) is 10.1. The Balaban J connectivity index is 1.43. The lowest BCUT2D eigenvalue weighted by Crippen LogP contribution is -2.21. The van der Waals surface area contributed by atoms with Gasteiger partial charge in [0.2, 0.25) is 5.88 Å². The molecule has 1 aliphatic rings. The van der Waals surface area contributed by atoms with Crippen LogP contribution in [0.3, 0.4) is 0 Å². The fourth-order valence-electron chi connectivity index (χ4n) is 4.06. The number of nitrogens with two attached hydrogens (primary N) is 1. The van der Waals surface area contributed by atoms with Gasteiger partial charge in [-0.2, -0.15) is 13.2 Å². The first-order valence-corrected chi connectivity index (χ1v) is 11.9. The van der Waals surface area contributed by atoms with Gasteiger partial charge in [0.25, 0.3) is 0 Å². The highest BCUT2D eigenvalue weighted by atomic mass is 19.4. The van der Waals surface area contributed by atoms with Crippen LogP contribution in [0.15, 0.2) is 65.1 Å². The van der Waals surface area contributed by atoms with Gasteiger partial charge in [-0.25, -0.2) is 19.9 Å². The molecule has 0 amide bonds. The van der Waals surface area contributed by atoms with Gasteiger partial charge >= 0.3 is 6.18 Å². The summed E-state index contributed by atoms with van der Waals surface area (Å²) in [7, 11) is 3.05. The van der Waals surface area contributed by atoms with Gasteiger partial charge in [0.1, 0.15) is 23.6 Å². The molecule has 9 nitrogen and oxygen atoms in total. The number of nitrogens with zero attached hydrogens (tertiary/aromatic N) is 6. The summed E-state index contributed by atoms with van der Waals surface area (Å²) in [5.74, 6) is 1.45. The van der Waals surface area contributed by atoms with Gasteiger partial charge in [0, 0.05) is 30.9 Å². The number of methoxy groups -OCH3 is 1. The first-order chi connectivity index (χ1) is 18.2. The summed E-state index contributed by atoms with van der Waals surface area (Å²) in [5, 5.41) is 0. The Labute approximate surface area is 216 Å². The van der Waals surface area contributed by atoms with Crippen molar-refractivity contribution in [1.29, 1.82) is 0 Å². The highest BCUT2D eigenvalue weighted by Gasteiger charge is 2.34. The molecule has 1 aliphatic carbocycles. The fourth-order valence-corrected chi connectivity index (χ4v) is 4.06. The number of halogens is 3. The van der Waals surface area contributed by atoms with Crippen molar-refractivity contribution < 1.29 is 17.9 Å². The van der Waals surface area contributed by atoms with E-state index < -0.39 is 11.9 Å². The van der Waals surface area contributed by atoms with E-state index in [-0.39, 0.29) is 18.2 Å². The number of aromatic nitrogens is 5. The summed E-state index contributed by atoms with van der Waals surface area (Å²) in [4.78, 5) is 24.7. The third-order valence-electron chi connectivity index (χ3n) is 6.11. The predicted molar refractivity (Wildman–Crippen MR) is 136 cm³/mol. The molecule has 38 heavy (non-hydrogen) atoms. The lowest BCUT2D eigenvalue weighted by molar-refractivity contribution is -0.140. The highest BCUT2D eigenvalue weighted by molar-refractivity contribution is 6.11. The van der Waals surface area contributed by atoms with Crippen molar-refractivity contribution in [3.63, 3.8) is 0 Å². The number of H-pyrrole nitrogens is 1. The molecular formula is C26H25F3N8O. The average Bonchev–Trinajstić information content (AvgIpc) is 3.44. The van der Waals surface area contributed by atoms with E-state index in [1.165, 1.54) is 25.1 Å². The number of rotatable bonds is 7. The molecule has 3 heterocycles. The molecule has 5 rings (SSSR count). The van der Waals surface area contributed by atoms with Crippen LogP contribution in [0.2, 0.25) is 0 Å². The molecule has 0 spiro atoms. The first-order valence-electron chi connectivity index (χ1n) is 11.9. The fraction of sp³-hybridized carbons (Fsp3) is 0.269. The molecule has 12 heteroatoms. The largest absolute Gasteiger partial charge is 0.480 e. The van der Waals surface area contributed by atoms with Gasteiger partial charge in [-0.15, -0.1) is 0 Å². The molecule has 0 radical (unpaired) electrons. The minimum absolute atomic E-state index is 0.197. The summed E-state index contributed by atoms with van der Waals surface area (Å²) in [6.45, 7) is 0.262. The Morgan fingerprint density at radius 3 is 2.55 bits per heavy atom. The van der Waals surface area contributed by atoms with E-state index in [1.807, 2.05) is 12.1 Å². The zero-order valence-corrected chi connectivity index (χ0v) is 20.7. The van der Waals surface area contributed by atoms with Crippen molar-refractivity contribution >= 4 is 11.7 Å². The number of alkyl halides is 3. The van der Waals surface area contributed by atoms with Crippen LogP contribution in [0.4, 0.5) is 13.2 Å². The molecule has 3 N–H and O–H groups in total. The number of imidazole rings is 1. The molecule has 0 aliphatic heterocycles. The van der Waals surface area contributed by atoms with Gasteiger partial charge in [0.15, 0.2) is 11.5 Å². The van der Waals surface area contributed by atoms with Crippen LogP contribution < -0.4 is 10.5 Å². The van der Waals surface area contributed by atoms with Gasteiger partial charge in [0.05, 0.1) is 25.0 Å². The SMILES string of the molecule is COc1ncnc(C2CC2)c1C(N)=NC(=NCc1ccc(-c2nc(C(F)(F)F)cn2C)cc1)c1ccc[nH]1. The summed E-state index contributed by atoms with van der Waals surface area (Å²) in [5.41, 5.74) is 8.95. The third kappa shape index (κ3) is 5.29. The summed E-state index contributed by atoms with van der Waals surface area (Å²) in [6, 6.07) is 10.7. The van der Waals surface area contributed by atoms with Gasteiger partial charge in [-0.05, 0) is 30.5 Å². The van der Waals surface area contributed by atoms with Crippen molar-refractivity contribution in [1.82, 2.24) is 24.5 Å². The van der Waals surface area contributed by atoms with E-state index in [2.05, 4.69) is 29.9 Å². The maximum Gasteiger partial charge on any atom is 0.434 e. The van der Waals surface area contributed by atoms with E-state index in [1.54, 1.807) is 30.5 Å². The number of aryl methyl sites for hydroxylation is 1. The lowest BCUT2D eigenvalue weighted by atomic mass is 10.1. The Hall–Kier alpha value is -4.48. The van der Waals surface area contributed by atoms with Gasteiger partial charge in [-0.3, -0.25) is 4.99 Å². The summed E-state index contributed by atoms with van der Waals surface area (Å²) >= 11 is 0. The standard InChI is InChI=1S/C26H25F3N8O/c1-37-13-19(26(27,28)29)35-24(37)17-7-5-15(6-8-17)12-32-23(18-4-3-11-31-18)36-22(30)20-21(16-9-10-16)33-14-34-25(20)38-2/h3-8,11,13-14,16,31H,9-10,12H2,1-2H3,(H2,30,32,36). The Morgan fingerprint density at radius 2 is 1.95 bits per heavy atom. The average molecular weight is 523 g/mol. The van der Waals surface area contributed by atoms with Crippen LogP contribution in [-0.4, -0.2) is 43.3 Å². The molecule has 0 bridgehead atoms. The smallest absolute Gasteiger partial charge is 0.434 e. The maximum absolute atomic E-state index is 13.0. The number of benzene rings is 1. The second-order valence-corrected chi connectivity index (χ2v) is 8.89. The minimum atomic E-state index is -4.50. The van der Waals surface area contributed by atoms with Crippen molar-refractivity contribution in [3.8, 4) is 17.3 Å². The molecular weight excluding hydrogens is 497 g/mol. The van der Waals surface area contributed by atoms with E-state index in [0.29, 0.717) is 34.5 Å². The number of aromatic amines is 1. The number of aliphatic imine (C=N–C) groups is 2. The molecule has 0 saturated heterocycles. The molecule has 1 fully saturated rings. The van der Waals surface area contributed by atoms with Crippen LogP contribution in [0.25, 0.3) is 11.4 Å². The van der Waals surface area contributed by atoms with Crippen LogP contribution in [-0.2, 0) is 19.8 Å². The molecule has 0 atom stereocenters. The summed E-state index contributed by atoms with van der Waals surface area (Å²) < 4.78 is 45.9. The predicted octanol–water partition coefficient (Wildman–Crippen LogP) is 4.46. The quantitative estimate of drug-likeness (QED) is 0.274. The second-order valence-electron chi connectivity index (χ2n) is 8.89. The van der Waals surface area contributed by atoms with E-state index in [0.717, 1.165) is 30.3 Å². The first kappa shape index (κ1) is 25.2. The number of ether oxygens (including phenoxy) is 1. The molecule has 1 aromatic carbocycles. The third-order valence-corrected chi connectivity index (χ3v) is 6.11. The van der Waals surface area contributed by atoms with E-state index in [9.17, 15) is 13.2 Å². The van der Waals surface area contributed by atoms with Crippen LogP contribution in [0.1, 0.15) is 47.0 Å². The van der Waals surface area contributed by atoms with Crippen molar-refractivity contribution in [2.75, 3.05) is 7.11 Å². The molecule has 0 unspecified atom stereocenters. The maximum atomic E-state index is 13.0. The van der Waals surface area contributed by atoms with Crippen molar-refractivity contribution in [2.24, 2.45) is 22.8 Å². The number of nitrogens with one attached hydrogen (secondary N) is 1. The molecule has 196 valence electrons. The van der Waals surface area contributed by atoms with Gasteiger partial charge in [-0.1, -0.05) is 24.3 Å². The van der Waals surface area contributed by atoms with Crippen LogP contribution in [0, 0.1) is 0 Å². The van der Waals surface area contributed by atoms with E-state index >= 15 is 0 Å². The minimum Gasteiger partial charge on any atom is -0.480 e. The molecule has 3 aromatic heterocycles. The van der Waals surface area contributed by atoms with Crippen LogP contribution in [0.5, 0.6) is 5.88 Å². The number of hydrogen-bond donors (Lipinski definition) is 2. The zero-order valence-electron chi connectivity index (χ0n) is 20.7. The number of hydrogen-bond acceptors (Lipinski definition) is 5. The Morgan fingerprint density at radius 1 is 1.18 bits per heavy atom. The molecule has 1 saturated carbocycles. The lowest BCUT2D eigenvalue weighted by Gasteiger charge is -2.11. The monoisotopic (exact) mass is 522 g/mol. The van der Waals surface area contributed by atoms with Crippen molar-refractivity contribution in [3.05, 3.63) is 83.3 Å². The Bertz CT molecular complexity index is 1480. The number of amidine groups is 2. The van der Waals surface area contributed by atoms with Crippen molar-refractivity contribution in [2.45, 2.75) is 31.5 Å². The Kier molecular flexibility index (Phi) is 6.70. The van der Waals surface area contributed by atoms with E-state index in [4.69, 9.17) is 10.5 Å². The topological polar surface area (TPSA) is 119 Å². The highest BCUT2D eigenvalue weighted by Crippen LogP contribution is 2.41. The summed E-state index contributed by atoms with van der Waals surface area (Å²) in [6.07, 6.45) is 1.72. The zero-order chi connectivity index (χ0) is 26.9. The normalized spacial score (nSPS) is 14.7. The van der Waals surface area contributed by atoms with Crippen LogP contribution >= 0.6 is 0 Å². The van der Waals surface area contributed by atoms with Gasteiger partial charge < -0.3 is 20.0 Å². The molecule has 4 aromatic rings.